The van der Waals surface area contributed by atoms with Gasteiger partial charge in [-0.15, -0.1) is 0 Å². The Balaban J connectivity index is 1.52. The van der Waals surface area contributed by atoms with Gasteiger partial charge in [0, 0.05) is 24.4 Å². The van der Waals surface area contributed by atoms with Crippen LogP contribution >= 0.6 is 11.8 Å². The molecule has 11 heteroatoms. The molecule has 0 amide bonds. The van der Waals surface area contributed by atoms with E-state index in [1.54, 1.807) is 0 Å². The Morgan fingerprint density at radius 2 is 1.87 bits per heavy atom. The lowest BCUT2D eigenvalue weighted by molar-refractivity contribution is -0.184. The average molecular weight is 455 g/mol. The topological polar surface area (TPSA) is 72.6 Å². The van der Waals surface area contributed by atoms with E-state index in [9.17, 15) is 13.2 Å². The van der Waals surface area contributed by atoms with E-state index >= 15 is 0 Å². The molecule has 2 saturated heterocycles. The first-order valence-corrected chi connectivity index (χ1v) is 12.1. The molecule has 1 aliphatic carbocycles. The van der Waals surface area contributed by atoms with Crippen molar-refractivity contribution in [3.05, 3.63) is 0 Å². The second-order valence-corrected chi connectivity index (χ2v) is 10.1. The van der Waals surface area contributed by atoms with Crippen molar-refractivity contribution in [1.29, 1.82) is 0 Å². The Morgan fingerprint density at radius 1 is 1.07 bits per heavy atom. The van der Waals surface area contributed by atoms with E-state index in [4.69, 9.17) is 4.74 Å². The second kappa shape index (κ2) is 11.6. The molecule has 0 bridgehead atoms. The van der Waals surface area contributed by atoms with Crippen molar-refractivity contribution in [2.45, 2.75) is 74.9 Å². The highest BCUT2D eigenvalue weighted by atomic mass is 32.2. The van der Waals surface area contributed by atoms with Gasteiger partial charge in [-0.1, -0.05) is 6.42 Å². The minimum atomic E-state index is -4.11. The van der Waals surface area contributed by atoms with Crippen LogP contribution in [0.3, 0.4) is 0 Å². The number of nitrogens with one attached hydrogen (secondary N) is 5. The molecular weight excluding hydrogens is 417 g/mol. The van der Waals surface area contributed by atoms with Crippen LogP contribution in [0.2, 0.25) is 0 Å². The Morgan fingerprint density at radius 3 is 2.57 bits per heavy atom. The van der Waals surface area contributed by atoms with Crippen LogP contribution < -0.4 is 26.6 Å². The third kappa shape index (κ3) is 8.09. The summed E-state index contributed by atoms with van der Waals surface area (Å²) in [6.07, 6.45) is -0.846. The van der Waals surface area contributed by atoms with Gasteiger partial charge in [0.2, 0.25) is 0 Å². The van der Waals surface area contributed by atoms with E-state index in [1.165, 1.54) is 18.6 Å². The molecule has 2 heterocycles. The summed E-state index contributed by atoms with van der Waals surface area (Å²) in [7, 11) is 3.97. The average Bonchev–Trinajstić information content (AvgIpc) is 3.19. The molecule has 0 spiro atoms. The van der Waals surface area contributed by atoms with Crippen LogP contribution in [0.1, 0.15) is 38.5 Å². The summed E-state index contributed by atoms with van der Waals surface area (Å²) in [6, 6.07) is -0.179. The number of hydrogen-bond donors (Lipinski definition) is 5. The number of rotatable bonds is 9. The van der Waals surface area contributed by atoms with Crippen LogP contribution in [0, 0.1) is 5.92 Å². The maximum absolute atomic E-state index is 13.2. The van der Waals surface area contributed by atoms with Crippen molar-refractivity contribution in [1.82, 2.24) is 31.5 Å². The summed E-state index contributed by atoms with van der Waals surface area (Å²) in [4.78, 5) is 2.04. The molecule has 6 atom stereocenters. The predicted molar refractivity (Wildman–Crippen MR) is 114 cm³/mol. The second-order valence-electron chi connectivity index (χ2n) is 8.73. The fourth-order valence-electron chi connectivity index (χ4n) is 4.21. The highest BCUT2D eigenvalue weighted by Crippen LogP contribution is 2.37. The van der Waals surface area contributed by atoms with E-state index in [0.29, 0.717) is 18.3 Å². The van der Waals surface area contributed by atoms with Crippen molar-refractivity contribution < 1.29 is 17.9 Å². The number of alkyl halides is 3. The van der Waals surface area contributed by atoms with Crippen molar-refractivity contribution in [2.75, 3.05) is 39.5 Å². The summed E-state index contributed by atoms with van der Waals surface area (Å²) in [5.41, 5.74) is 0. The molecular formula is C19H37F3N6OS. The monoisotopic (exact) mass is 454 g/mol. The molecule has 176 valence electrons. The van der Waals surface area contributed by atoms with Gasteiger partial charge in [0.25, 0.3) is 0 Å². The lowest BCUT2D eigenvalue weighted by atomic mass is 9.85. The highest BCUT2D eigenvalue weighted by molar-refractivity contribution is 8.00. The lowest BCUT2D eigenvalue weighted by Gasteiger charge is -2.42. The maximum atomic E-state index is 13.2. The zero-order valence-electron chi connectivity index (χ0n) is 17.9. The smallest absolute Gasteiger partial charge is 0.348 e. The Bertz CT molecular complexity index is 509. The summed E-state index contributed by atoms with van der Waals surface area (Å²) in [6.45, 7) is 2.22. The van der Waals surface area contributed by atoms with Gasteiger partial charge in [-0.25, -0.2) is 0 Å². The van der Waals surface area contributed by atoms with Crippen molar-refractivity contribution in [3.8, 4) is 0 Å². The molecule has 7 nitrogen and oxygen atoms in total. The Hall–Kier alpha value is -0.140. The first-order valence-electron chi connectivity index (χ1n) is 11.0. The highest BCUT2D eigenvalue weighted by Gasteiger charge is 2.42. The number of nitrogens with zero attached hydrogens (tertiary/aromatic N) is 1. The molecule has 3 rings (SSSR count). The largest absolute Gasteiger partial charge is 0.391 e. The van der Waals surface area contributed by atoms with Gasteiger partial charge in [0.15, 0.2) is 6.35 Å². The molecule has 6 unspecified atom stereocenters. The van der Waals surface area contributed by atoms with Gasteiger partial charge in [-0.3, -0.25) is 26.6 Å². The SMILES string of the molecule is CN(C)CCOC1NC(NCC2CCCS2)NC(NC2CCCC(C(F)(F)F)C2)N1. The minimum Gasteiger partial charge on any atom is -0.348 e. The molecule has 3 aliphatic rings. The van der Waals surface area contributed by atoms with Crippen molar-refractivity contribution >= 4 is 11.8 Å². The van der Waals surface area contributed by atoms with Gasteiger partial charge < -0.3 is 9.64 Å². The molecule has 3 fully saturated rings. The number of thioether (sulfide) groups is 1. The number of hydrogen-bond acceptors (Lipinski definition) is 8. The van der Waals surface area contributed by atoms with Gasteiger partial charge >= 0.3 is 6.18 Å². The third-order valence-electron chi connectivity index (χ3n) is 5.91. The first kappa shape index (κ1) is 24.5. The van der Waals surface area contributed by atoms with Crippen molar-refractivity contribution in [2.24, 2.45) is 5.92 Å². The molecule has 2 aliphatic heterocycles. The number of halogens is 3. The minimum absolute atomic E-state index is 0.125. The van der Waals surface area contributed by atoms with Gasteiger partial charge in [-0.05, 0) is 52.0 Å². The fourth-order valence-corrected chi connectivity index (χ4v) is 5.42. The molecule has 0 radical (unpaired) electrons. The van der Waals surface area contributed by atoms with E-state index in [1.807, 2.05) is 30.8 Å². The van der Waals surface area contributed by atoms with E-state index in [-0.39, 0.29) is 37.8 Å². The van der Waals surface area contributed by atoms with Gasteiger partial charge in [0.05, 0.1) is 12.5 Å². The first-order chi connectivity index (χ1) is 14.3. The molecule has 0 aromatic rings. The predicted octanol–water partition coefficient (Wildman–Crippen LogP) is 1.39. The summed E-state index contributed by atoms with van der Waals surface area (Å²) in [5.74, 6) is -0.00650. The zero-order chi connectivity index (χ0) is 21.6. The van der Waals surface area contributed by atoms with Crippen LogP contribution in [0.25, 0.3) is 0 Å². The van der Waals surface area contributed by atoms with E-state index in [0.717, 1.165) is 19.5 Å². The van der Waals surface area contributed by atoms with Crippen LogP contribution in [-0.4, -0.2) is 80.8 Å². The Kier molecular flexibility index (Phi) is 9.51. The summed E-state index contributed by atoms with van der Waals surface area (Å²) >= 11 is 1.99. The van der Waals surface area contributed by atoms with Crippen molar-refractivity contribution in [3.63, 3.8) is 0 Å². The lowest BCUT2D eigenvalue weighted by Crippen LogP contribution is -2.76. The fraction of sp³-hybridized carbons (Fsp3) is 1.00. The molecule has 30 heavy (non-hydrogen) atoms. The van der Waals surface area contributed by atoms with Gasteiger partial charge in [-0.2, -0.15) is 24.9 Å². The summed E-state index contributed by atoms with van der Waals surface area (Å²) in [5, 5.41) is 17.5. The molecule has 1 saturated carbocycles. The molecule has 0 aromatic carbocycles. The van der Waals surface area contributed by atoms with Crippen LogP contribution in [0.5, 0.6) is 0 Å². The van der Waals surface area contributed by atoms with Gasteiger partial charge in [0.1, 0.15) is 12.6 Å². The maximum Gasteiger partial charge on any atom is 0.391 e. The van der Waals surface area contributed by atoms with E-state index < -0.39 is 12.1 Å². The standard InChI is InChI=1S/C19H37F3N6OS/c1-28(2)8-9-29-18-26-16(23-12-15-7-4-10-30-15)25-17(27-18)24-14-6-3-5-13(11-14)19(20,21)22/h13-18,23-27H,3-12H2,1-2H3. The quantitative estimate of drug-likeness (QED) is 0.358. The molecule has 0 aromatic heterocycles. The Labute approximate surface area is 182 Å². The molecule has 5 N–H and O–H groups in total. The summed E-state index contributed by atoms with van der Waals surface area (Å²) < 4.78 is 45.4. The van der Waals surface area contributed by atoms with Crippen LogP contribution in [-0.2, 0) is 4.74 Å². The van der Waals surface area contributed by atoms with E-state index in [2.05, 4.69) is 26.6 Å². The normalized spacial score (nSPS) is 35.8. The zero-order valence-corrected chi connectivity index (χ0v) is 18.7. The van der Waals surface area contributed by atoms with Crippen LogP contribution in [0.4, 0.5) is 13.2 Å². The third-order valence-corrected chi connectivity index (χ3v) is 7.30. The van der Waals surface area contributed by atoms with Crippen LogP contribution in [0.15, 0.2) is 0 Å². The number of likely N-dealkylation sites (N-methyl/N-ethyl adjacent to an activating group) is 1. The number of ether oxygens (including phenoxy) is 1.